The summed E-state index contributed by atoms with van der Waals surface area (Å²) in [6.07, 6.45) is 11.4. The predicted molar refractivity (Wildman–Crippen MR) is 104 cm³/mol. The summed E-state index contributed by atoms with van der Waals surface area (Å²) in [6.45, 7) is 3.49. The summed E-state index contributed by atoms with van der Waals surface area (Å²) in [5.74, 6) is 0.508. The van der Waals surface area contributed by atoms with E-state index < -0.39 is 0 Å². The number of H-pyrrole nitrogens is 1. The molecule has 26 heavy (non-hydrogen) atoms. The molecule has 0 spiro atoms. The average Bonchev–Trinajstić information content (AvgIpc) is 3.23. The third-order valence-corrected chi connectivity index (χ3v) is 5.75. The second kappa shape index (κ2) is 6.88. The molecule has 0 unspecified atom stereocenters. The third-order valence-electron chi connectivity index (χ3n) is 5.75. The van der Waals surface area contributed by atoms with Crippen LogP contribution in [0.5, 0.6) is 0 Å². The van der Waals surface area contributed by atoms with Gasteiger partial charge in [0.25, 0.3) is 0 Å². The van der Waals surface area contributed by atoms with Gasteiger partial charge >= 0.3 is 0 Å². The molecule has 1 aliphatic carbocycles. The minimum absolute atomic E-state index is 0. The minimum Gasteiger partial charge on any atom is -0.360 e. The van der Waals surface area contributed by atoms with Crippen molar-refractivity contribution in [3.63, 3.8) is 0 Å². The number of likely N-dealkylation sites (tertiary alicyclic amines) is 1. The van der Waals surface area contributed by atoms with Crippen molar-refractivity contribution in [1.82, 2.24) is 19.7 Å². The van der Waals surface area contributed by atoms with E-state index in [0.717, 1.165) is 40.5 Å². The second-order valence-corrected chi connectivity index (χ2v) is 7.55. The molecular weight excluding hydrogens is 327 g/mol. The highest BCUT2D eigenvalue weighted by Gasteiger charge is 2.31. The molecule has 138 valence electrons. The van der Waals surface area contributed by atoms with E-state index in [0.29, 0.717) is 0 Å². The van der Waals surface area contributed by atoms with Gasteiger partial charge in [-0.3, -0.25) is 4.68 Å². The van der Waals surface area contributed by atoms with Crippen LogP contribution >= 0.6 is 0 Å². The van der Waals surface area contributed by atoms with Gasteiger partial charge in [-0.25, -0.2) is 4.39 Å². The monoisotopic (exact) mass is 354 g/mol. The van der Waals surface area contributed by atoms with Crippen LogP contribution < -0.4 is 0 Å². The molecule has 0 amide bonds. The van der Waals surface area contributed by atoms with Crippen LogP contribution in [0.2, 0.25) is 0 Å². The largest absolute Gasteiger partial charge is 0.360 e. The van der Waals surface area contributed by atoms with Crippen molar-refractivity contribution in [3.05, 3.63) is 42.6 Å². The van der Waals surface area contributed by atoms with Crippen LogP contribution in [0.15, 0.2) is 36.8 Å². The molecule has 5 rings (SSSR count). The number of halogens is 1. The standard InChI is InChI=1S/C20H23FN4.CH4/c21-16-1-4-18-19(11-22-20(18)9-16)15-10-23-25(13-15)12-14-5-7-24(8-6-14)17-2-3-17;/h1,4,9-11,13-14,17,22H,2-3,5-8,12H2;1H4. The molecule has 2 aliphatic rings. The van der Waals surface area contributed by atoms with Crippen LogP contribution in [-0.2, 0) is 6.54 Å². The lowest BCUT2D eigenvalue weighted by molar-refractivity contribution is 0.164. The number of rotatable bonds is 4. The predicted octanol–water partition coefficient (Wildman–Crippen LogP) is 4.68. The zero-order valence-electron chi connectivity index (χ0n) is 14.3. The normalized spacial score (nSPS) is 19.0. The van der Waals surface area contributed by atoms with Gasteiger partial charge in [-0.05, 0) is 62.9 Å². The summed E-state index contributed by atoms with van der Waals surface area (Å²) in [5, 5.41) is 5.61. The number of nitrogens with one attached hydrogen (secondary N) is 1. The molecule has 4 nitrogen and oxygen atoms in total. The Morgan fingerprint density at radius 1 is 1.15 bits per heavy atom. The molecular formula is C21H27FN4. The van der Waals surface area contributed by atoms with Crippen LogP contribution in [0.1, 0.15) is 33.1 Å². The molecule has 1 N–H and O–H groups in total. The first-order valence-corrected chi connectivity index (χ1v) is 9.30. The van der Waals surface area contributed by atoms with Crippen molar-refractivity contribution in [2.45, 2.75) is 45.7 Å². The van der Waals surface area contributed by atoms with Gasteiger partial charge in [-0.2, -0.15) is 5.10 Å². The van der Waals surface area contributed by atoms with Crippen LogP contribution in [0.3, 0.4) is 0 Å². The van der Waals surface area contributed by atoms with Crippen molar-refractivity contribution in [3.8, 4) is 11.1 Å². The number of aromatic amines is 1. The maximum absolute atomic E-state index is 13.4. The zero-order chi connectivity index (χ0) is 16.8. The molecule has 2 fully saturated rings. The molecule has 0 bridgehead atoms. The quantitative estimate of drug-likeness (QED) is 0.738. The third kappa shape index (κ3) is 3.28. The Kier molecular flexibility index (Phi) is 4.57. The number of benzene rings is 1. The van der Waals surface area contributed by atoms with E-state index >= 15 is 0 Å². The van der Waals surface area contributed by atoms with E-state index in [2.05, 4.69) is 25.9 Å². The number of aromatic nitrogens is 3. The van der Waals surface area contributed by atoms with Crippen molar-refractivity contribution >= 4 is 10.9 Å². The first kappa shape index (κ1) is 17.3. The highest BCUT2D eigenvalue weighted by Crippen LogP contribution is 2.32. The van der Waals surface area contributed by atoms with E-state index in [4.69, 9.17) is 0 Å². The fourth-order valence-electron chi connectivity index (χ4n) is 4.14. The lowest BCUT2D eigenvalue weighted by atomic mass is 9.97. The minimum atomic E-state index is -0.214. The number of hydrogen-bond donors (Lipinski definition) is 1. The van der Waals surface area contributed by atoms with Crippen molar-refractivity contribution in [1.29, 1.82) is 0 Å². The van der Waals surface area contributed by atoms with E-state index in [1.165, 1.54) is 50.9 Å². The number of fused-ring (bicyclic) bond motifs is 1. The molecule has 1 aliphatic heterocycles. The average molecular weight is 354 g/mol. The van der Waals surface area contributed by atoms with Crippen LogP contribution in [0, 0.1) is 11.7 Å². The summed E-state index contributed by atoms with van der Waals surface area (Å²) in [4.78, 5) is 5.82. The van der Waals surface area contributed by atoms with E-state index in [9.17, 15) is 4.39 Å². The topological polar surface area (TPSA) is 36.9 Å². The SMILES string of the molecule is C.Fc1ccc2c(-c3cnn(CC4CCN(C5CC5)CC4)c3)c[nH]c2c1. The lowest BCUT2D eigenvalue weighted by Crippen LogP contribution is -2.36. The lowest BCUT2D eigenvalue weighted by Gasteiger charge is -2.31. The van der Waals surface area contributed by atoms with E-state index in [-0.39, 0.29) is 13.2 Å². The van der Waals surface area contributed by atoms with Gasteiger partial charge in [0.2, 0.25) is 0 Å². The molecule has 3 heterocycles. The van der Waals surface area contributed by atoms with Gasteiger partial charge in [0.05, 0.1) is 6.20 Å². The van der Waals surface area contributed by atoms with E-state index in [1.54, 1.807) is 0 Å². The summed E-state index contributed by atoms with van der Waals surface area (Å²) in [5.41, 5.74) is 3.01. The number of piperidine rings is 1. The molecule has 5 heteroatoms. The Balaban J connectivity index is 0.00000168. The maximum atomic E-state index is 13.4. The molecule has 2 aromatic heterocycles. The molecule has 0 atom stereocenters. The fourth-order valence-corrected chi connectivity index (χ4v) is 4.14. The Labute approximate surface area is 154 Å². The van der Waals surface area contributed by atoms with E-state index in [1.807, 2.05) is 18.5 Å². The summed E-state index contributed by atoms with van der Waals surface area (Å²) >= 11 is 0. The Bertz CT molecular complexity index is 884. The van der Waals surface area contributed by atoms with Crippen molar-refractivity contribution in [2.75, 3.05) is 13.1 Å². The molecule has 3 aromatic rings. The van der Waals surface area contributed by atoms with Gasteiger partial charge < -0.3 is 9.88 Å². The van der Waals surface area contributed by atoms with Gasteiger partial charge in [-0.1, -0.05) is 7.43 Å². The van der Waals surface area contributed by atoms with Crippen LogP contribution in [0.4, 0.5) is 4.39 Å². The van der Waals surface area contributed by atoms with Crippen molar-refractivity contribution < 1.29 is 4.39 Å². The summed E-state index contributed by atoms with van der Waals surface area (Å²) in [6, 6.07) is 5.78. The second-order valence-electron chi connectivity index (χ2n) is 7.55. The highest BCUT2D eigenvalue weighted by atomic mass is 19.1. The number of hydrogen-bond acceptors (Lipinski definition) is 2. The Morgan fingerprint density at radius 3 is 2.73 bits per heavy atom. The molecule has 0 radical (unpaired) electrons. The summed E-state index contributed by atoms with van der Waals surface area (Å²) in [7, 11) is 0. The first-order chi connectivity index (χ1) is 12.3. The smallest absolute Gasteiger partial charge is 0.125 e. The van der Waals surface area contributed by atoms with Gasteiger partial charge in [0.1, 0.15) is 5.82 Å². The Hall–Kier alpha value is -2.14. The molecule has 1 aromatic carbocycles. The van der Waals surface area contributed by atoms with Gasteiger partial charge in [0, 0.05) is 47.0 Å². The van der Waals surface area contributed by atoms with Gasteiger partial charge in [-0.15, -0.1) is 0 Å². The van der Waals surface area contributed by atoms with Crippen LogP contribution in [0.25, 0.3) is 22.0 Å². The maximum Gasteiger partial charge on any atom is 0.125 e. The summed E-state index contributed by atoms with van der Waals surface area (Å²) < 4.78 is 15.4. The fraction of sp³-hybridized carbons (Fsp3) is 0.476. The highest BCUT2D eigenvalue weighted by molar-refractivity contribution is 5.95. The Morgan fingerprint density at radius 2 is 1.96 bits per heavy atom. The van der Waals surface area contributed by atoms with Crippen molar-refractivity contribution in [2.24, 2.45) is 5.92 Å². The first-order valence-electron chi connectivity index (χ1n) is 9.30. The number of nitrogens with zero attached hydrogens (tertiary/aromatic N) is 3. The van der Waals surface area contributed by atoms with Gasteiger partial charge in [0.15, 0.2) is 0 Å². The molecule has 1 saturated heterocycles. The zero-order valence-corrected chi connectivity index (χ0v) is 14.3. The molecule has 1 saturated carbocycles. The van der Waals surface area contributed by atoms with Crippen LogP contribution in [-0.4, -0.2) is 38.8 Å².